The van der Waals surface area contributed by atoms with Crippen LogP contribution in [0, 0.1) is 0 Å². The molecule has 19 heavy (non-hydrogen) atoms. The summed E-state index contributed by atoms with van der Waals surface area (Å²) in [5.74, 6) is 0. The highest BCUT2D eigenvalue weighted by Crippen LogP contribution is 2.26. The Morgan fingerprint density at radius 1 is 1.00 bits per heavy atom. The summed E-state index contributed by atoms with van der Waals surface area (Å²) >= 11 is 0. The number of rotatable bonds is 6. The van der Waals surface area contributed by atoms with E-state index in [1.165, 1.54) is 5.56 Å². The van der Waals surface area contributed by atoms with Crippen LogP contribution in [0.3, 0.4) is 0 Å². The van der Waals surface area contributed by atoms with Gasteiger partial charge in [0.25, 0.3) is 0 Å². The third-order valence-corrected chi connectivity index (χ3v) is 3.30. The van der Waals surface area contributed by atoms with Gasteiger partial charge in [-0.25, -0.2) is 0 Å². The van der Waals surface area contributed by atoms with Crippen molar-refractivity contribution in [2.24, 2.45) is 0 Å². The Bertz CT molecular complexity index is 496. The molecule has 0 aliphatic heterocycles. The van der Waals surface area contributed by atoms with Crippen LogP contribution in [0.2, 0.25) is 0 Å². The molecular weight excluding hydrogens is 234 g/mol. The van der Waals surface area contributed by atoms with Gasteiger partial charge in [-0.05, 0) is 18.1 Å². The van der Waals surface area contributed by atoms with Crippen molar-refractivity contribution in [3.05, 3.63) is 65.7 Å². The number of aliphatic hydroxyl groups excluding tert-OH is 1. The SMILES string of the molecule is CCCC(Nc1ccccc1CO)c1ccccc1. The second-order valence-corrected chi connectivity index (χ2v) is 4.71. The van der Waals surface area contributed by atoms with Gasteiger partial charge in [-0.3, -0.25) is 0 Å². The van der Waals surface area contributed by atoms with E-state index in [9.17, 15) is 5.11 Å². The van der Waals surface area contributed by atoms with E-state index in [2.05, 4.69) is 36.5 Å². The number of nitrogens with one attached hydrogen (secondary N) is 1. The Labute approximate surface area is 115 Å². The predicted molar refractivity (Wildman–Crippen MR) is 80.1 cm³/mol. The van der Waals surface area contributed by atoms with Crippen molar-refractivity contribution in [2.75, 3.05) is 5.32 Å². The molecule has 0 bridgehead atoms. The van der Waals surface area contributed by atoms with Crippen LogP contribution < -0.4 is 5.32 Å². The molecule has 0 saturated carbocycles. The zero-order valence-corrected chi connectivity index (χ0v) is 11.3. The molecule has 0 aliphatic rings. The van der Waals surface area contributed by atoms with E-state index in [0.29, 0.717) is 6.04 Å². The van der Waals surface area contributed by atoms with Crippen molar-refractivity contribution in [3.63, 3.8) is 0 Å². The highest BCUT2D eigenvalue weighted by molar-refractivity contribution is 5.52. The van der Waals surface area contributed by atoms with Crippen molar-refractivity contribution < 1.29 is 5.11 Å². The lowest BCUT2D eigenvalue weighted by Crippen LogP contribution is -2.11. The van der Waals surface area contributed by atoms with Gasteiger partial charge in [-0.1, -0.05) is 61.9 Å². The van der Waals surface area contributed by atoms with Crippen molar-refractivity contribution in [3.8, 4) is 0 Å². The summed E-state index contributed by atoms with van der Waals surface area (Å²) < 4.78 is 0. The van der Waals surface area contributed by atoms with Gasteiger partial charge in [0, 0.05) is 11.3 Å². The fourth-order valence-corrected chi connectivity index (χ4v) is 2.28. The molecule has 0 saturated heterocycles. The van der Waals surface area contributed by atoms with Crippen LogP contribution in [0.15, 0.2) is 54.6 Å². The minimum Gasteiger partial charge on any atom is -0.392 e. The standard InChI is InChI=1S/C17H21NO/c1-2-8-16(14-9-4-3-5-10-14)18-17-12-7-6-11-15(17)13-19/h3-7,9-12,16,18-19H,2,8,13H2,1H3. The van der Waals surface area contributed by atoms with Gasteiger partial charge in [0.2, 0.25) is 0 Å². The number of anilines is 1. The molecule has 1 atom stereocenters. The average Bonchev–Trinajstić information content (AvgIpc) is 2.48. The first-order valence-corrected chi connectivity index (χ1v) is 6.85. The average molecular weight is 255 g/mol. The van der Waals surface area contributed by atoms with E-state index in [-0.39, 0.29) is 6.61 Å². The van der Waals surface area contributed by atoms with E-state index >= 15 is 0 Å². The van der Waals surface area contributed by atoms with Gasteiger partial charge in [0.1, 0.15) is 0 Å². The number of hydrogen-bond donors (Lipinski definition) is 2. The molecule has 0 aliphatic carbocycles. The quantitative estimate of drug-likeness (QED) is 0.813. The van der Waals surface area contributed by atoms with E-state index < -0.39 is 0 Å². The van der Waals surface area contributed by atoms with Gasteiger partial charge in [-0.2, -0.15) is 0 Å². The van der Waals surface area contributed by atoms with Crippen LogP contribution in [0.4, 0.5) is 5.69 Å². The monoisotopic (exact) mass is 255 g/mol. The highest BCUT2D eigenvalue weighted by Gasteiger charge is 2.11. The summed E-state index contributed by atoms with van der Waals surface area (Å²) in [7, 11) is 0. The maximum absolute atomic E-state index is 9.39. The van der Waals surface area contributed by atoms with Crippen LogP contribution in [0.5, 0.6) is 0 Å². The maximum Gasteiger partial charge on any atom is 0.0701 e. The molecule has 2 nitrogen and oxygen atoms in total. The zero-order chi connectivity index (χ0) is 13.5. The van der Waals surface area contributed by atoms with Crippen LogP contribution in [0.1, 0.15) is 36.9 Å². The zero-order valence-electron chi connectivity index (χ0n) is 11.3. The van der Waals surface area contributed by atoms with E-state index in [0.717, 1.165) is 24.1 Å². The normalized spacial score (nSPS) is 12.1. The van der Waals surface area contributed by atoms with E-state index in [1.54, 1.807) is 0 Å². The third-order valence-electron chi connectivity index (χ3n) is 3.30. The highest BCUT2D eigenvalue weighted by atomic mass is 16.3. The summed E-state index contributed by atoms with van der Waals surface area (Å²) in [6, 6.07) is 18.7. The largest absolute Gasteiger partial charge is 0.392 e. The van der Waals surface area contributed by atoms with Crippen LogP contribution in [0.25, 0.3) is 0 Å². The molecule has 0 radical (unpaired) electrons. The molecular formula is C17H21NO. The molecule has 2 rings (SSSR count). The Balaban J connectivity index is 2.21. The second kappa shape index (κ2) is 6.95. The minimum atomic E-state index is 0.0663. The van der Waals surface area contributed by atoms with Crippen molar-refractivity contribution in [1.29, 1.82) is 0 Å². The molecule has 0 amide bonds. The fraction of sp³-hybridized carbons (Fsp3) is 0.294. The van der Waals surface area contributed by atoms with Gasteiger partial charge < -0.3 is 10.4 Å². The molecule has 0 spiro atoms. The maximum atomic E-state index is 9.39. The molecule has 1 unspecified atom stereocenters. The number of benzene rings is 2. The number of para-hydroxylation sites is 1. The lowest BCUT2D eigenvalue weighted by atomic mass is 10.0. The van der Waals surface area contributed by atoms with Crippen molar-refractivity contribution >= 4 is 5.69 Å². The molecule has 0 aromatic heterocycles. The minimum absolute atomic E-state index is 0.0663. The molecule has 2 N–H and O–H groups in total. The van der Waals surface area contributed by atoms with E-state index in [4.69, 9.17) is 0 Å². The summed E-state index contributed by atoms with van der Waals surface area (Å²) in [4.78, 5) is 0. The lowest BCUT2D eigenvalue weighted by molar-refractivity contribution is 0.282. The summed E-state index contributed by atoms with van der Waals surface area (Å²) in [5, 5.41) is 12.9. The van der Waals surface area contributed by atoms with Gasteiger partial charge >= 0.3 is 0 Å². The fourth-order valence-electron chi connectivity index (χ4n) is 2.28. The smallest absolute Gasteiger partial charge is 0.0701 e. The molecule has 0 heterocycles. The van der Waals surface area contributed by atoms with Crippen molar-refractivity contribution in [2.45, 2.75) is 32.4 Å². The first kappa shape index (κ1) is 13.6. The Morgan fingerprint density at radius 3 is 2.37 bits per heavy atom. The molecule has 2 heteroatoms. The first-order chi connectivity index (χ1) is 9.35. The first-order valence-electron chi connectivity index (χ1n) is 6.85. The Kier molecular flexibility index (Phi) is 4.99. The van der Waals surface area contributed by atoms with Crippen LogP contribution in [-0.4, -0.2) is 5.11 Å². The third kappa shape index (κ3) is 3.58. The van der Waals surface area contributed by atoms with Crippen LogP contribution in [-0.2, 0) is 6.61 Å². The molecule has 100 valence electrons. The Hall–Kier alpha value is -1.80. The lowest BCUT2D eigenvalue weighted by Gasteiger charge is -2.21. The summed E-state index contributed by atoms with van der Waals surface area (Å²) in [6.45, 7) is 2.26. The van der Waals surface area contributed by atoms with Crippen molar-refractivity contribution in [1.82, 2.24) is 0 Å². The number of aliphatic hydroxyl groups is 1. The summed E-state index contributed by atoms with van der Waals surface area (Å²) in [6.07, 6.45) is 2.19. The Morgan fingerprint density at radius 2 is 1.68 bits per heavy atom. The number of hydrogen-bond acceptors (Lipinski definition) is 2. The van der Waals surface area contributed by atoms with E-state index in [1.807, 2.05) is 30.3 Å². The topological polar surface area (TPSA) is 32.3 Å². The second-order valence-electron chi connectivity index (χ2n) is 4.71. The van der Waals surface area contributed by atoms with Gasteiger partial charge in [-0.15, -0.1) is 0 Å². The van der Waals surface area contributed by atoms with Gasteiger partial charge in [0.15, 0.2) is 0 Å². The molecule has 2 aromatic carbocycles. The molecule has 2 aromatic rings. The molecule has 0 fully saturated rings. The van der Waals surface area contributed by atoms with Crippen LogP contribution >= 0.6 is 0 Å². The summed E-state index contributed by atoms with van der Waals surface area (Å²) in [5.41, 5.74) is 3.25. The van der Waals surface area contributed by atoms with Gasteiger partial charge in [0.05, 0.1) is 12.6 Å². The predicted octanol–water partition coefficient (Wildman–Crippen LogP) is 4.13.